The van der Waals surface area contributed by atoms with Crippen molar-refractivity contribution in [3.63, 3.8) is 0 Å². The molecule has 80 valence electrons. The van der Waals surface area contributed by atoms with Gasteiger partial charge in [-0.05, 0) is 6.42 Å². The van der Waals surface area contributed by atoms with Gasteiger partial charge in [-0.2, -0.15) is 0 Å². The maximum atomic E-state index is 11.0. The van der Waals surface area contributed by atoms with Crippen LogP contribution >= 0.6 is 0 Å². The highest BCUT2D eigenvalue weighted by Crippen LogP contribution is 2.32. The molecule has 6 nitrogen and oxygen atoms in total. The molecule has 1 amide bonds. The fourth-order valence-corrected chi connectivity index (χ4v) is 1.90. The topological polar surface area (TPSA) is 98.1 Å². The lowest BCUT2D eigenvalue weighted by atomic mass is 9.92. The monoisotopic (exact) mass is 203 g/mol. The van der Waals surface area contributed by atoms with E-state index in [0.29, 0.717) is 0 Å². The second-order valence-electron chi connectivity index (χ2n) is 3.44. The summed E-state index contributed by atoms with van der Waals surface area (Å²) in [6, 6.07) is 0. The highest BCUT2D eigenvalue weighted by molar-refractivity contribution is 5.84. The number of aliphatic carboxylic acids is 1. The number of carboxylic acids is 1. The van der Waals surface area contributed by atoms with Crippen LogP contribution in [-0.2, 0) is 4.79 Å². The summed E-state index contributed by atoms with van der Waals surface area (Å²) in [7, 11) is 0. The van der Waals surface area contributed by atoms with Gasteiger partial charge >= 0.3 is 12.1 Å². The second-order valence-corrected chi connectivity index (χ2v) is 3.44. The number of β-amino-alcohol motifs (C(OH)–C–C–N with tert-alkyl or cyclic N) is 1. The highest BCUT2D eigenvalue weighted by Gasteiger charge is 2.52. The molecule has 0 aromatic rings. The summed E-state index contributed by atoms with van der Waals surface area (Å²) in [5.41, 5.74) is -1.45. The summed E-state index contributed by atoms with van der Waals surface area (Å²) < 4.78 is 0. The Kier molecular flexibility index (Phi) is 2.66. The van der Waals surface area contributed by atoms with Gasteiger partial charge in [-0.25, -0.2) is 9.59 Å². The van der Waals surface area contributed by atoms with Crippen LogP contribution in [0.4, 0.5) is 4.79 Å². The summed E-state index contributed by atoms with van der Waals surface area (Å²) in [6.45, 7) is 1.47. The zero-order valence-electron chi connectivity index (χ0n) is 7.80. The van der Waals surface area contributed by atoms with Crippen molar-refractivity contribution in [1.82, 2.24) is 4.90 Å². The fourth-order valence-electron chi connectivity index (χ4n) is 1.90. The largest absolute Gasteiger partial charge is 0.479 e. The molecule has 0 saturated carbocycles. The van der Waals surface area contributed by atoms with Crippen LogP contribution in [0.2, 0.25) is 0 Å². The number of amides is 1. The molecule has 0 aromatic carbocycles. The molecule has 2 atom stereocenters. The number of aliphatic hydroxyl groups is 1. The molecule has 0 radical (unpaired) electrons. The lowest BCUT2D eigenvalue weighted by molar-refractivity contribution is -0.149. The molecule has 0 bridgehead atoms. The van der Waals surface area contributed by atoms with E-state index in [1.165, 1.54) is 0 Å². The van der Waals surface area contributed by atoms with E-state index >= 15 is 0 Å². The van der Waals surface area contributed by atoms with Crippen LogP contribution in [-0.4, -0.2) is 50.5 Å². The van der Waals surface area contributed by atoms with E-state index in [2.05, 4.69) is 0 Å². The zero-order chi connectivity index (χ0) is 10.9. The number of aliphatic hydroxyl groups excluding tert-OH is 1. The van der Waals surface area contributed by atoms with E-state index in [4.69, 9.17) is 10.2 Å². The molecule has 1 rings (SSSR count). The number of likely N-dealkylation sites (tertiary alicyclic amines) is 1. The van der Waals surface area contributed by atoms with Gasteiger partial charge in [0, 0.05) is 6.42 Å². The van der Waals surface area contributed by atoms with E-state index < -0.39 is 23.7 Å². The predicted molar refractivity (Wildman–Crippen MR) is 46.0 cm³/mol. The van der Waals surface area contributed by atoms with Gasteiger partial charge in [-0.15, -0.1) is 0 Å². The molecule has 6 heteroatoms. The van der Waals surface area contributed by atoms with Crippen molar-refractivity contribution in [2.75, 3.05) is 6.54 Å². The molecular weight excluding hydrogens is 190 g/mol. The van der Waals surface area contributed by atoms with Gasteiger partial charge in [0.1, 0.15) is 5.54 Å². The van der Waals surface area contributed by atoms with Crippen molar-refractivity contribution in [2.24, 2.45) is 0 Å². The van der Waals surface area contributed by atoms with Crippen molar-refractivity contribution in [2.45, 2.75) is 31.4 Å². The Bertz CT molecular complexity index is 266. The smallest absolute Gasteiger partial charge is 0.408 e. The Morgan fingerprint density at radius 2 is 2.07 bits per heavy atom. The van der Waals surface area contributed by atoms with Crippen molar-refractivity contribution >= 4 is 12.1 Å². The van der Waals surface area contributed by atoms with Crippen LogP contribution in [0, 0.1) is 0 Å². The molecule has 1 fully saturated rings. The summed E-state index contributed by atoms with van der Waals surface area (Å²) in [4.78, 5) is 22.6. The van der Waals surface area contributed by atoms with Gasteiger partial charge in [-0.1, -0.05) is 6.92 Å². The minimum absolute atomic E-state index is 0.0366. The number of nitrogens with zero attached hydrogens (tertiary/aromatic N) is 1. The lowest BCUT2D eigenvalue weighted by Crippen LogP contribution is -2.52. The quantitative estimate of drug-likeness (QED) is 0.585. The summed E-state index contributed by atoms with van der Waals surface area (Å²) >= 11 is 0. The number of carboxylic acid groups (broad SMARTS) is 2. The van der Waals surface area contributed by atoms with Crippen LogP contribution in [0.25, 0.3) is 0 Å². The van der Waals surface area contributed by atoms with Crippen LogP contribution < -0.4 is 0 Å². The molecule has 0 aliphatic carbocycles. The maximum Gasteiger partial charge on any atom is 0.408 e. The predicted octanol–water partition coefficient (Wildman–Crippen LogP) is -0.0356. The van der Waals surface area contributed by atoms with Gasteiger partial charge in [0.05, 0.1) is 12.6 Å². The first-order valence-corrected chi connectivity index (χ1v) is 4.36. The minimum atomic E-state index is -1.45. The first-order chi connectivity index (χ1) is 6.44. The molecule has 1 heterocycles. The molecule has 0 unspecified atom stereocenters. The molecule has 3 N–H and O–H groups in total. The first-order valence-electron chi connectivity index (χ1n) is 4.36. The summed E-state index contributed by atoms with van der Waals surface area (Å²) in [5.74, 6) is -1.20. The van der Waals surface area contributed by atoms with Gasteiger partial charge < -0.3 is 15.3 Å². The van der Waals surface area contributed by atoms with Gasteiger partial charge in [0.25, 0.3) is 0 Å². The van der Waals surface area contributed by atoms with Crippen LogP contribution in [0.5, 0.6) is 0 Å². The van der Waals surface area contributed by atoms with Crippen molar-refractivity contribution < 1.29 is 24.9 Å². The number of hydrogen-bond donors (Lipinski definition) is 3. The number of hydrogen-bond acceptors (Lipinski definition) is 3. The molecule has 0 aromatic heterocycles. The Labute approximate surface area is 80.8 Å². The normalized spacial score (nSPS) is 31.9. The van der Waals surface area contributed by atoms with E-state index in [-0.39, 0.29) is 19.4 Å². The minimum Gasteiger partial charge on any atom is -0.479 e. The maximum absolute atomic E-state index is 11.0. The molecule has 1 saturated heterocycles. The van der Waals surface area contributed by atoms with E-state index in [1.807, 2.05) is 0 Å². The Hall–Kier alpha value is -1.30. The standard InChI is InChI=1S/C8H13NO5/c1-2-8(6(11)12)3-5(10)4-9(8)7(13)14/h5,10H,2-4H2,1H3,(H,11,12)(H,13,14)/t5-,8-/m1/s1. The van der Waals surface area contributed by atoms with Gasteiger partial charge in [0.15, 0.2) is 0 Å². The van der Waals surface area contributed by atoms with Crippen LogP contribution in [0.15, 0.2) is 0 Å². The van der Waals surface area contributed by atoms with E-state index in [9.17, 15) is 14.7 Å². The average molecular weight is 203 g/mol. The third-order valence-electron chi connectivity index (χ3n) is 2.70. The Morgan fingerprint density at radius 1 is 1.50 bits per heavy atom. The van der Waals surface area contributed by atoms with Crippen molar-refractivity contribution in [1.29, 1.82) is 0 Å². The average Bonchev–Trinajstić information content (AvgIpc) is 2.43. The highest BCUT2D eigenvalue weighted by atomic mass is 16.4. The lowest BCUT2D eigenvalue weighted by Gasteiger charge is -2.30. The third-order valence-corrected chi connectivity index (χ3v) is 2.70. The molecular formula is C8H13NO5. The van der Waals surface area contributed by atoms with E-state index in [0.717, 1.165) is 4.90 Å². The molecule has 14 heavy (non-hydrogen) atoms. The Morgan fingerprint density at radius 3 is 2.36 bits per heavy atom. The fraction of sp³-hybridized carbons (Fsp3) is 0.750. The summed E-state index contributed by atoms with van der Waals surface area (Å²) in [5, 5.41) is 27.1. The van der Waals surface area contributed by atoms with Crippen molar-refractivity contribution in [3.05, 3.63) is 0 Å². The Balaban J connectivity index is 3.03. The molecule has 1 aliphatic rings. The molecule has 0 spiro atoms. The number of rotatable bonds is 2. The SMILES string of the molecule is CC[C@]1(C(=O)O)C[C@@H](O)CN1C(=O)O. The number of carbonyl (C=O) groups is 2. The van der Waals surface area contributed by atoms with Crippen LogP contribution in [0.1, 0.15) is 19.8 Å². The van der Waals surface area contributed by atoms with Gasteiger partial charge in [-0.3, -0.25) is 4.90 Å². The third kappa shape index (κ3) is 1.41. The first kappa shape index (κ1) is 10.8. The van der Waals surface area contributed by atoms with Crippen LogP contribution in [0.3, 0.4) is 0 Å². The van der Waals surface area contributed by atoms with Gasteiger partial charge in [0.2, 0.25) is 0 Å². The molecule has 1 aliphatic heterocycles. The zero-order valence-corrected chi connectivity index (χ0v) is 7.80. The second kappa shape index (κ2) is 3.45. The van der Waals surface area contributed by atoms with Crippen molar-refractivity contribution in [3.8, 4) is 0 Å². The van der Waals surface area contributed by atoms with E-state index in [1.54, 1.807) is 6.92 Å². The summed E-state index contributed by atoms with van der Waals surface area (Å²) in [6.07, 6.45) is -2.07.